The van der Waals surface area contributed by atoms with Crippen molar-refractivity contribution in [2.75, 3.05) is 19.7 Å². The number of carbonyl (C=O) groups excluding carboxylic acids is 2. The van der Waals surface area contributed by atoms with Crippen LogP contribution >= 0.6 is 24.2 Å². The first-order valence-electron chi connectivity index (χ1n) is 8.55. The molecule has 0 saturated carbocycles. The van der Waals surface area contributed by atoms with Gasteiger partial charge in [0.2, 0.25) is 5.91 Å². The summed E-state index contributed by atoms with van der Waals surface area (Å²) in [4.78, 5) is 31.5. The van der Waals surface area contributed by atoms with E-state index >= 15 is 0 Å². The number of hydroxylamine groups is 2. The van der Waals surface area contributed by atoms with Crippen LogP contribution in [0.1, 0.15) is 18.4 Å². The highest BCUT2D eigenvalue weighted by atomic mass is 35.5. The first-order valence-corrected chi connectivity index (χ1v) is 9.45. The van der Waals surface area contributed by atoms with Crippen molar-refractivity contribution in [1.29, 1.82) is 0 Å². The van der Waals surface area contributed by atoms with Gasteiger partial charge in [-0.3, -0.25) is 14.4 Å². The van der Waals surface area contributed by atoms with Gasteiger partial charge in [-0.2, -0.15) is 0 Å². The molecule has 0 aromatic heterocycles. The smallest absolute Gasteiger partial charge is 0.340 e. The third-order valence-electron chi connectivity index (χ3n) is 4.55. The maximum absolute atomic E-state index is 12.5. The Labute approximate surface area is 162 Å². The fourth-order valence-electron chi connectivity index (χ4n) is 3.15. The van der Waals surface area contributed by atoms with E-state index < -0.39 is 10.9 Å². The molecule has 2 saturated heterocycles. The van der Waals surface area contributed by atoms with Crippen LogP contribution in [0.5, 0.6) is 0 Å². The van der Waals surface area contributed by atoms with Crippen molar-refractivity contribution >= 4 is 35.5 Å². The second-order valence-electron chi connectivity index (χ2n) is 6.26. The molecule has 3 atom stereocenters. The van der Waals surface area contributed by atoms with Gasteiger partial charge in [0.1, 0.15) is 6.61 Å². The Bertz CT molecular complexity index is 628. The largest absolute Gasteiger partial charge is 0.347 e. The third kappa shape index (κ3) is 4.69. The van der Waals surface area contributed by atoms with Crippen molar-refractivity contribution in [2.24, 2.45) is 0 Å². The molecule has 1 N–H and O–H groups in total. The first kappa shape index (κ1) is 19.4. The Hall–Kier alpha value is -1.32. The molecular formula is C17H22ClN3O4S. The highest BCUT2D eigenvalue weighted by molar-refractivity contribution is 7.80. The molecule has 1 aromatic carbocycles. The van der Waals surface area contributed by atoms with Gasteiger partial charge in [0.15, 0.2) is 5.56 Å². The standard InChI is InChI=1S/C17H22ClN3O4S/c18-16(23)21(25-11-12-4-2-1-3-5-12)13-6-7-14(19-10-13)15(22)20-8-9-24-17(20)26/h1-5,13-14,17,19,26H,6-11H2/t13-,14+,17?/m1/s1. The minimum Gasteiger partial charge on any atom is -0.347 e. The van der Waals surface area contributed by atoms with Crippen LogP contribution in [0.15, 0.2) is 30.3 Å². The summed E-state index contributed by atoms with van der Waals surface area (Å²) in [5.41, 5.74) is 0.457. The van der Waals surface area contributed by atoms with Gasteiger partial charge in [-0.15, -0.1) is 12.6 Å². The van der Waals surface area contributed by atoms with E-state index in [0.29, 0.717) is 32.5 Å². The number of nitrogens with one attached hydrogen (secondary N) is 1. The lowest BCUT2D eigenvalue weighted by Crippen LogP contribution is -2.55. The molecule has 2 heterocycles. The highest BCUT2D eigenvalue weighted by Gasteiger charge is 2.36. The van der Waals surface area contributed by atoms with Crippen LogP contribution in [0.3, 0.4) is 0 Å². The van der Waals surface area contributed by atoms with Gasteiger partial charge in [-0.05, 0) is 30.0 Å². The van der Waals surface area contributed by atoms with Crippen molar-refractivity contribution in [2.45, 2.75) is 37.1 Å². The minimum absolute atomic E-state index is 0.0325. The number of ether oxygens (including phenoxy) is 1. The van der Waals surface area contributed by atoms with Gasteiger partial charge in [0, 0.05) is 13.1 Å². The molecule has 7 nitrogen and oxygen atoms in total. The molecule has 26 heavy (non-hydrogen) atoms. The summed E-state index contributed by atoms with van der Waals surface area (Å²) >= 11 is 9.95. The third-order valence-corrected chi connectivity index (χ3v) is 5.15. The van der Waals surface area contributed by atoms with Crippen LogP contribution in [0.2, 0.25) is 0 Å². The summed E-state index contributed by atoms with van der Waals surface area (Å²) in [5.74, 6) is -0.0325. The van der Waals surface area contributed by atoms with Gasteiger partial charge >= 0.3 is 5.37 Å². The normalized spacial score (nSPS) is 25.9. The number of hydrogen-bond donors (Lipinski definition) is 2. The maximum Gasteiger partial charge on any atom is 0.340 e. The lowest BCUT2D eigenvalue weighted by molar-refractivity contribution is -0.154. The predicted molar refractivity (Wildman–Crippen MR) is 99.6 cm³/mol. The molecule has 0 aliphatic carbocycles. The monoisotopic (exact) mass is 399 g/mol. The molecule has 2 amide bonds. The summed E-state index contributed by atoms with van der Waals surface area (Å²) in [7, 11) is 0. The van der Waals surface area contributed by atoms with Gasteiger partial charge in [-0.1, -0.05) is 30.3 Å². The van der Waals surface area contributed by atoms with Gasteiger partial charge in [0.05, 0.1) is 18.7 Å². The number of benzene rings is 1. The molecule has 2 fully saturated rings. The number of amides is 2. The zero-order valence-electron chi connectivity index (χ0n) is 14.2. The number of nitrogens with zero attached hydrogens (tertiary/aromatic N) is 2. The minimum atomic E-state index is -0.666. The van der Waals surface area contributed by atoms with Crippen molar-refractivity contribution in [3.8, 4) is 0 Å². The second kappa shape index (κ2) is 9.05. The van der Waals surface area contributed by atoms with Crippen LogP contribution in [0.25, 0.3) is 0 Å². The molecule has 0 spiro atoms. The van der Waals surface area contributed by atoms with E-state index in [1.165, 1.54) is 5.06 Å². The Morgan fingerprint density at radius 2 is 2.12 bits per heavy atom. The van der Waals surface area contributed by atoms with E-state index in [4.69, 9.17) is 21.2 Å². The predicted octanol–water partition coefficient (Wildman–Crippen LogP) is 1.97. The summed E-state index contributed by atoms with van der Waals surface area (Å²) in [6, 6.07) is 9.00. The first-order chi connectivity index (χ1) is 12.6. The quantitative estimate of drug-likeness (QED) is 0.343. The van der Waals surface area contributed by atoms with E-state index in [0.717, 1.165) is 5.56 Å². The van der Waals surface area contributed by atoms with Gasteiger partial charge < -0.3 is 15.0 Å². The molecule has 9 heteroatoms. The van der Waals surface area contributed by atoms with E-state index in [2.05, 4.69) is 17.9 Å². The SMILES string of the molecule is O=C([C@@H]1CC[C@@H](N(OCc2ccccc2)C(=O)Cl)CN1)N1CCOC1S. The lowest BCUT2D eigenvalue weighted by Gasteiger charge is -2.36. The fraction of sp³-hybridized carbons (Fsp3) is 0.529. The number of rotatable bonds is 5. The van der Waals surface area contributed by atoms with E-state index in [9.17, 15) is 9.59 Å². The summed E-state index contributed by atoms with van der Waals surface area (Å²) in [6.45, 7) is 1.72. The lowest BCUT2D eigenvalue weighted by atomic mass is 9.99. The molecule has 1 aromatic rings. The van der Waals surface area contributed by atoms with E-state index in [1.807, 2.05) is 30.3 Å². The molecule has 0 bridgehead atoms. The number of carbonyl (C=O) groups is 2. The zero-order valence-corrected chi connectivity index (χ0v) is 15.9. The average Bonchev–Trinajstić information content (AvgIpc) is 3.08. The van der Waals surface area contributed by atoms with Crippen molar-refractivity contribution in [1.82, 2.24) is 15.3 Å². The molecule has 1 unspecified atom stereocenters. The molecular weight excluding hydrogens is 378 g/mol. The van der Waals surface area contributed by atoms with Gasteiger partial charge in [-0.25, -0.2) is 5.06 Å². The Kier molecular flexibility index (Phi) is 6.77. The summed E-state index contributed by atoms with van der Waals surface area (Å²) < 4.78 is 5.29. The summed E-state index contributed by atoms with van der Waals surface area (Å²) in [5, 5.41) is 3.72. The number of thiol groups is 1. The molecule has 2 aliphatic heterocycles. The van der Waals surface area contributed by atoms with E-state index in [1.54, 1.807) is 4.90 Å². The number of hydrogen-bond acceptors (Lipinski definition) is 6. The van der Waals surface area contributed by atoms with Crippen LogP contribution in [0, 0.1) is 0 Å². The van der Waals surface area contributed by atoms with Crippen molar-refractivity contribution in [3.63, 3.8) is 0 Å². The molecule has 3 rings (SSSR count). The summed E-state index contributed by atoms with van der Waals surface area (Å²) in [6.07, 6.45) is 1.19. The Morgan fingerprint density at radius 1 is 1.35 bits per heavy atom. The zero-order chi connectivity index (χ0) is 18.5. The molecule has 0 radical (unpaired) electrons. The van der Waals surface area contributed by atoms with Crippen molar-refractivity contribution in [3.05, 3.63) is 35.9 Å². The topological polar surface area (TPSA) is 71.1 Å². The second-order valence-corrected chi connectivity index (χ2v) is 7.02. The maximum atomic E-state index is 12.5. The van der Waals surface area contributed by atoms with Crippen molar-refractivity contribution < 1.29 is 19.2 Å². The highest BCUT2D eigenvalue weighted by Crippen LogP contribution is 2.21. The Balaban J connectivity index is 1.53. The van der Waals surface area contributed by atoms with Crippen LogP contribution in [0.4, 0.5) is 4.79 Å². The molecule has 2 aliphatic rings. The Morgan fingerprint density at radius 3 is 2.69 bits per heavy atom. The van der Waals surface area contributed by atoms with Crippen LogP contribution in [-0.4, -0.2) is 58.6 Å². The van der Waals surface area contributed by atoms with Gasteiger partial charge in [0.25, 0.3) is 0 Å². The van der Waals surface area contributed by atoms with E-state index in [-0.39, 0.29) is 24.6 Å². The van der Waals surface area contributed by atoms with Crippen LogP contribution < -0.4 is 5.32 Å². The van der Waals surface area contributed by atoms with Crippen LogP contribution in [-0.2, 0) is 21.0 Å². The fourth-order valence-corrected chi connectivity index (χ4v) is 3.67. The average molecular weight is 400 g/mol. The molecule has 142 valence electrons. The number of halogens is 1. The number of piperidine rings is 1.